The van der Waals surface area contributed by atoms with Crippen LogP contribution in [-0.2, 0) is 11.2 Å². The van der Waals surface area contributed by atoms with Gasteiger partial charge >= 0.3 is 0 Å². The molecule has 1 aromatic rings. The second-order valence-electron chi connectivity index (χ2n) is 5.33. The standard InChI is InChI=1S/C16H25BrFNO/c1-4-16(5-2,12-19-6-7-20-3)11-13-8-14(17)10-15(18)9-13/h8-10,19H,4-7,11-12H2,1-3H3. The van der Waals surface area contributed by atoms with Crippen molar-refractivity contribution in [3.05, 3.63) is 34.1 Å². The summed E-state index contributed by atoms with van der Waals surface area (Å²) in [6, 6.07) is 5.15. The van der Waals surface area contributed by atoms with Crippen molar-refractivity contribution in [1.82, 2.24) is 5.32 Å². The first-order valence-corrected chi connectivity index (χ1v) is 7.99. The Labute approximate surface area is 130 Å². The minimum atomic E-state index is -0.178. The van der Waals surface area contributed by atoms with E-state index in [2.05, 4.69) is 35.1 Å². The molecule has 0 aliphatic heterocycles. The molecule has 1 N–H and O–H groups in total. The summed E-state index contributed by atoms with van der Waals surface area (Å²) in [5.41, 5.74) is 1.22. The predicted molar refractivity (Wildman–Crippen MR) is 85.6 cm³/mol. The maximum absolute atomic E-state index is 13.5. The van der Waals surface area contributed by atoms with Crippen LogP contribution < -0.4 is 5.32 Å². The van der Waals surface area contributed by atoms with E-state index in [1.165, 1.54) is 6.07 Å². The van der Waals surface area contributed by atoms with E-state index in [9.17, 15) is 4.39 Å². The van der Waals surface area contributed by atoms with Crippen LogP contribution in [0.5, 0.6) is 0 Å². The molecule has 2 nitrogen and oxygen atoms in total. The van der Waals surface area contributed by atoms with Crippen molar-refractivity contribution in [1.29, 1.82) is 0 Å². The highest BCUT2D eigenvalue weighted by Crippen LogP contribution is 2.31. The Balaban J connectivity index is 2.73. The summed E-state index contributed by atoms with van der Waals surface area (Å²) in [7, 11) is 1.71. The quantitative estimate of drug-likeness (QED) is 0.678. The Morgan fingerprint density at radius 3 is 2.50 bits per heavy atom. The number of hydrogen-bond acceptors (Lipinski definition) is 2. The molecule has 0 saturated carbocycles. The molecule has 0 aliphatic rings. The van der Waals surface area contributed by atoms with Crippen molar-refractivity contribution >= 4 is 15.9 Å². The molecule has 0 spiro atoms. The van der Waals surface area contributed by atoms with Gasteiger partial charge in [0, 0.05) is 24.7 Å². The molecular formula is C16H25BrFNO. The second kappa shape index (κ2) is 8.75. The van der Waals surface area contributed by atoms with Crippen molar-refractivity contribution < 1.29 is 9.13 Å². The summed E-state index contributed by atoms with van der Waals surface area (Å²) >= 11 is 3.37. The normalized spacial score (nSPS) is 11.8. The molecule has 114 valence electrons. The SMILES string of the molecule is CCC(CC)(CNCCOC)Cc1cc(F)cc(Br)c1. The van der Waals surface area contributed by atoms with Gasteiger partial charge in [-0.2, -0.15) is 0 Å². The van der Waals surface area contributed by atoms with Gasteiger partial charge in [0.15, 0.2) is 0 Å². The van der Waals surface area contributed by atoms with Gasteiger partial charge in [0.2, 0.25) is 0 Å². The van der Waals surface area contributed by atoms with Crippen LogP contribution in [0.1, 0.15) is 32.3 Å². The van der Waals surface area contributed by atoms with Gasteiger partial charge in [0.1, 0.15) is 5.82 Å². The summed E-state index contributed by atoms with van der Waals surface area (Å²) in [6.07, 6.45) is 3.02. The summed E-state index contributed by atoms with van der Waals surface area (Å²) < 4.78 is 19.4. The molecular weight excluding hydrogens is 321 g/mol. The molecule has 0 aliphatic carbocycles. The third-order valence-electron chi connectivity index (χ3n) is 3.98. The van der Waals surface area contributed by atoms with Gasteiger partial charge in [-0.1, -0.05) is 29.8 Å². The Morgan fingerprint density at radius 1 is 1.25 bits per heavy atom. The summed E-state index contributed by atoms with van der Waals surface area (Å²) in [5.74, 6) is -0.178. The lowest BCUT2D eigenvalue weighted by Crippen LogP contribution is -2.36. The number of nitrogens with one attached hydrogen (secondary N) is 1. The van der Waals surface area contributed by atoms with Crippen LogP contribution in [0.3, 0.4) is 0 Å². The molecule has 20 heavy (non-hydrogen) atoms. The number of halogens is 2. The number of benzene rings is 1. The zero-order valence-electron chi connectivity index (χ0n) is 12.6. The molecule has 0 unspecified atom stereocenters. The van der Waals surface area contributed by atoms with Gasteiger partial charge in [-0.3, -0.25) is 0 Å². The van der Waals surface area contributed by atoms with Gasteiger partial charge in [-0.25, -0.2) is 4.39 Å². The van der Waals surface area contributed by atoms with Crippen LogP contribution >= 0.6 is 15.9 Å². The first kappa shape index (κ1) is 17.6. The topological polar surface area (TPSA) is 21.3 Å². The number of hydrogen-bond donors (Lipinski definition) is 1. The van der Waals surface area contributed by atoms with Crippen molar-refractivity contribution in [2.75, 3.05) is 26.8 Å². The number of ether oxygens (including phenoxy) is 1. The van der Waals surface area contributed by atoms with Gasteiger partial charge in [-0.15, -0.1) is 0 Å². The lowest BCUT2D eigenvalue weighted by Gasteiger charge is -2.32. The van der Waals surface area contributed by atoms with E-state index in [0.29, 0.717) is 0 Å². The zero-order chi connectivity index (χ0) is 15.0. The van der Waals surface area contributed by atoms with Gasteiger partial charge in [-0.05, 0) is 48.4 Å². The molecule has 0 heterocycles. The molecule has 0 radical (unpaired) electrons. The number of methoxy groups -OCH3 is 1. The second-order valence-corrected chi connectivity index (χ2v) is 6.25. The third kappa shape index (κ3) is 5.51. The molecule has 0 amide bonds. The number of rotatable bonds is 9. The molecule has 1 rings (SSSR count). The van der Waals surface area contributed by atoms with Crippen LogP contribution in [0.25, 0.3) is 0 Å². The predicted octanol–water partition coefficient (Wildman–Crippen LogP) is 4.17. The third-order valence-corrected chi connectivity index (χ3v) is 4.44. The molecule has 0 saturated heterocycles. The molecule has 4 heteroatoms. The van der Waals surface area contributed by atoms with Crippen LogP contribution in [0, 0.1) is 11.2 Å². The van der Waals surface area contributed by atoms with Gasteiger partial charge < -0.3 is 10.1 Å². The minimum absolute atomic E-state index is 0.168. The van der Waals surface area contributed by atoms with E-state index in [4.69, 9.17) is 4.74 Å². The Bertz CT molecular complexity index is 387. The van der Waals surface area contributed by atoms with Gasteiger partial charge in [0.05, 0.1) is 6.61 Å². The van der Waals surface area contributed by atoms with E-state index in [1.807, 2.05) is 6.07 Å². The van der Waals surface area contributed by atoms with Crippen LogP contribution in [0.15, 0.2) is 22.7 Å². The van der Waals surface area contributed by atoms with Crippen molar-refractivity contribution in [2.45, 2.75) is 33.1 Å². The highest BCUT2D eigenvalue weighted by atomic mass is 79.9. The first-order valence-electron chi connectivity index (χ1n) is 7.20. The van der Waals surface area contributed by atoms with Crippen molar-refractivity contribution in [2.24, 2.45) is 5.41 Å². The molecule has 1 aromatic carbocycles. The maximum atomic E-state index is 13.5. The fraction of sp³-hybridized carbons (Fsp3) is 0.625. The maximum Gasteiger partial charge on any atom is 0.124 e. The van der Waals surface area contributed by atoms with Crippen LogP contribution in [0.4, 0.5) is 4.39 Å². The van der Waals surface area contributed by atoms with Crippen LogP contribution in [-0.4, -0.2) is 26.8 Å². The van der Waals surface area contributed by atoms with E-state index in [-0.39, 0.29) is 11.2 Å². The average molecular weight is 346 g/mol. The highest BCUT2D eigenvalue weighted by molar-refractivity contribution is 9.10. The van der Waals surface area contributed by atoms with Crippen LogP contribution in [0.2, 0.25) is 0 Å². The van der Waals surface area contributed by atoms with Crippen molar-refractivity contribution in [3.63, 3.8) is 0 Å². The van der Waals surface area contributed by atoms with E-state index >= 15 is 0 Å². The Hall–Kier alpha value is -0.450. The fourth-order valence-corrected chi connectivity index (χ4v) is 3.00. The molecule has 0 atom stereocenters. The summed E-state index contributed by atoms with van der Waals surface area (Å²) in [4.78, 5) is 0. The lowest BCUT2D eigenvalue weighted by atomic mass is 9.77. The van der Waals surface area contributed by atoms with E-state index in [1.54, 1.807) is 13.2 Å². The first-order chi connectivity index (χ1) is 9.55. The molecule has 0 aromatic heterocycles. The monoisotopic (exact) mass is 345 g/mol. The Kier molecular flexibility index (Phi) is 7.70. The smallest absolute Gasteiger partial charge is 0.124 e. The van der Waals surface area contributed by atoms with Gasteiger partial charge in [0.25, 0.3) is 0 Å². The minimum Gasteiger partial charge on any atom is -0.383 e. The van der Waals surface area contributed by atoms with Crippen molar-refractivity contribution in [3.8, 4) is 0 Å². The molecule has 0 bridgehead atoms. The zero-order valence-corrected chi connectivity index (χ0v) is 14.2. The average Bonchev–Trinajstić information content (AvgIpc) is 2.41. The largest absolute Gasteiger partial charge is 0.383 e. The fourth-order valence-electron chi connectivity index (χ4n) is 2.49. The van der Waals surface area contributed by atoms with E-state index < -0.39 is 0 Å². The summed E-state index contributed by atoms with van der Waals surface area (Å²) in [5, 5.41) is 3.45. The van der Waals surface area contributed by atoms with E-state index in [0.717, 1.165) is 49.0 Å². The highest BCUT2D eigenvalue weighted by Gasteiger charge is 2.26. The lowest BCUT2D eigenvalue weighted by molar-refractivity contribution is 0.185. The molecule has 0 fully saturated rings. The Morgan fingerprint density at radius 2 is 1.95 bits per heavy atom. The summed E-state index contributed by atoms with van der Waals surface area (Å²) in [6.45, 7) is 6.91.